The van der Waals surface area contributed by atoms with Crippen molar-refractivity contribution in [2.75, 3.05) is 0 Å². The van der Waals surface area contributed by atoms with Crippen LogP contribution in [0.4, 0.5) is 0 Å². The molecule has 1 nitrogen and oxygen atoms in total. The first-order chi connectivity index (χ1) is 6.84. The second-order valence-corrected chi connectivity index (χ2v) is 3.19. The summed E-state index contributed by atoms with van der Waals surface area (Å²) in [7, 11) is 0. The van der Waals surface area contributed by atoms with E-state index in [2.05, 4.69) is 6.07 Å². The molecule has 0 aliphatic heterocycles. The average Bonchev–Trinajstić information content (AvgIpc) is 2.19. The van der Waals surface area contributed by atoms with E-state index in [-0.39, 0.29) is 0 Å². The van der Waals surface area contributed by atoms with E-state index in [0.717, 1.165) is 11.5 Å². The van der Waals surface area contributed by atoms with Gasteiger partial charge in [0.25, 0.3) is 0 Å². The van der Waals surface area contributed by atoms with Crippen molar-refractivity contribution >= 4 is 11.6 Å². The highest BCUT2D eigenvalue weighted by Gasteiger charge is 1.96. The minimum atomic E-state index is 0.554. The molecule has 0 saturated heterocycles. The van der Waals surface area contributed by atoms with Crippen LogP contribution in [0.5, 0.6) is 11.5 Å². The summed E-state index contributed by atoms with van der Waals surface area (Å²) in [5.74, 6) is 1.52. The molecule has 0 fully saturated rings. The molecule has 0 saturated carbocycles. The van der Waals surface area contributed by atoms with E-state index in [9.17, 15) is 0 Å². The second-order valence-electron chi connectivity index (χ2n) is 2.79. The predicted molar refractivity (Wildman–Crippen MR) is 56.8 cm³/mol. The van der Waals surface area contributed by atoms with Crippen LogP contribution in [0.25, 0.3) is 0 Å². The Hall–Kier alpha value is -1.47. The Morgan fingerprint density at radius 3 is 2.50 bits per heavy atom. The summed E-state index contributed by atoms with van der Waals surface area (Å²) in [6.45, 7) is 0. The third-order valence-corrected chi connectivity index (χ3v) is 1.93. The van der Waals surface area contributed by atoms with E-state index in [0.29, 0.717) is 5.02 Å². The molecule has 0 aliphatic carbocycles. The van der Waals surface area contributed by atoms with Crippen molar-refractivity contribution in [2.24, 2.45) is 0 Å². The second kappa shape index (κ2) is 4.16. The van der Waals surface area contributed by atoms with E-state index >= 15 is 0 Å². The quantitative estimate of drug-likeness (QED) is 0.719. The van der Waals surface area contributed by atoms with Crippen LogP contribution in [0.1, 0.15) is 0 Å². The largest absolute Gasteiger partial charge is 0.457 e. The van der Waals surface area contributed by atoms with Gasteiger partial charge in [0, 0.05) is 12.1 Å². The number of halogens is 1. The van der Waals surface area contributed by atoms with Crippen molar-refractivity contribution in [1.82, 2.24) is 0 Å². The average molecular weight is 204 g/mol. The van der Waals surface area contributed by atoms with Gasteiger partial charge in [-0.2, -0.15) is 0 Å². The number of rotatable bonds is 2. The third kappa shape index (κ3) is 2.27. The third-order valence-electron chi connectivity index (χ3n) is 1.72. The molecule has 0 N–H and O–H groups in total. The monoisotopic (exact) mass is 203 g/mol. The van der Waals surface area contributed by atoms with Gasteiger partial charge in [0.1, 0.15) is 11.5 Å². The van der Waals surface area contributed by atoms with Crippen molar-refractivity contribution < 1.29 is 4.74 Å². The Morgan fingerprint density at radius 2 is 1.79 bits per heavy atom. The Kier molecular flexibility index (Phi) is 2.70. The molecule has 0 atom stereocenters. The lowest BCUT2D eigenvalue weighted by Gasteiger charge is -2.04. The Bertz CT molecular complexity index is 412. The van der Waals surface area contributed by atoms with Gasteiger partial charge in [-0.05, 0) is 24.3 Å². The molecule has 0 amide bonds. The van der Waals surface area contributed by atoms with Crippen molar-refractivity contribution in [1.29, 1.82) is 0 Å². The minimum Gasteiger partial charge on any atom is -0.457 e. The number of para-hydroxylation sites is 1. The molecular formula is C12H8ClO. The highest BCUT2D eigenvalue weighted by atomic mass is 35.5. The molecule has 2 rings (SSSR count). The predicted octanol–water partition coefficient (Wildman–Crippen LogP) is 3.93. The van der Waals surface area contributed by atoms with Crippen LogP contribution in [-0.2, 0) is 0 Å². The van der Waals surface area contributed by atoms with Crippen LogP contribution >= 0.6 is 11.6 Å². The molecule has 2 aromatic carbocycles. The van der Waals surface area contributed by atoms with Crippen molar-refractivity contribution in [2.45, 2.75) is 0 Å². The number of hydrogen-bond acceptors (Lipinski definition) is 1. The van der Waals surface area contributed by atoms with Gasteiger partial charge in [-0.15, -0.1) is 0 Å². The summed E-state index contributed by atoms with van der Waals surface area (Å²) in [5, 5.41) is 0.554. The maximum atomic E-state index is 5.78. The van der Waals surface area contributed by atoms with Gasteiger partial charge in [-0.1, -0.05) is 29.8 Å². The Morgan fingerprint density at radius 1 is 1.00 bits per heavy atom. The van der Waals surface area contributed by atoms with E-state index in [4.69, 9.17) is 16.3 Å². The maximum Gasteiger partial charge on any atom is 0.128 e. The van der Waals surface area contributed by atoms with Crippen molar-refractivity contribution in [3.8, 4) is 11.5 Å². The molecule has 14 heavy (non-hydrogen) atoms. The lowest BCUT2D eigenvalue weighted by atomic mass is 10.3. The molecule has 0 spiro atoms. The first kappa shape index (κ1) is 9.10. The van der Waals surface area contributed by atoms with Gasteiger partial charge in [-0.25, -0.2) is 0 Å². The summed E-state index contributed by atoms with van der Waals surface area (Å²) in [5.41, 5.74) is 0. The fraction of sp³-hybridized carbons (Fsp3) is 0. The highest BCUT2D eigenvalue weighted by Crippen LogP contribution is 2.23. The zero-order chi connectivity index (χ0) is 9.80. The highest BCUT2D eigenvalue weighted by molar-refractivity contribution is 6.30. The molecular weight excluding hydrogens is 196 g/mol. The normalized spacial score (nSPS) is 9.79. The Balaban J connectivity index is 2.19. The number of hydrogen-bond donors (Lipinski definition) is 0. The van der Waals surface area contributed by atoms with Gasteiger partial charge >= 0.3 is 0 Å². The van der Waals surface area contributed by atoms with Gasteiger partial charge in [0.05, 0.1) is 5.02 Å². The van der Waals surface area contributed by atoms with E-state index in [1.54, 1.807) is 12.1 Å². The summed E-state index contributed by atoms with van der Waals surface area (Å²) in [4.78, 5) is 0. The number of benzene rings is 2. The first-order valence-electron chi connectivity index (χ1n) is 4.25. The van der Waals surface area contributed by atoms with Crippen LogP contribution in [0.15, 0.2) is 48.5 Å². The minimum absolute atomic E-state index is 0.554. The van der Waals surface area contributed by atoms with Gasteiger partial charge in [0.15, 0.2) is 0 Å². The molecule has 2 heteroatoms. The molecule has 2 aromatic rings. The maximum absolute atomic E-state index is 5.78. The summed E-state index contributed by atoms with van der Waals surface area (Å²) in [6.07, 6.45) is 0. The van der Waals surface area contributed by atoms with Crippen molar-refractivity contribution in [3.63, 3.8) is 0 Å². The van der Waals surface area contributed by atoms with Crippen molar-refractivity contribution in [3.05, 3.63) is 59.6 Å². The van der Waals surface area contributed by atoms with Crippen LogP contribution in [-0.4, -0.2) is 0 Å². The van der Waals surface area contributed by atoms with Crippen LogP contribution in [0.2, 0.25) is 5.02 Å². The molecule has 69 valence electrons. The lowest BCUT2D eigenvalue weighted by Crippen LogP contribution is -1.82. The number of ether oxygens (including phenoxy) is 1. The summed E-state index contributed by atoms with van der Waals surface area (Å²) < 4.78 is 5.55. The fourth-order valence-electron chi connectivity index (χ4n) is 1.11. The smallest absolute Gasteiger partial charge is 0.128 e. The summed E-state index contributed by atoms with van der Waals surface area (Å²) >= 11 is 5.78. The lowest BCUT2D eigenvalue weighted by molar-refractivity contribution is 0.482. The summed E-state index contributed by atoms with van der Waals surface area (Å²) in [6, 6.07) is 17.7. The standard InChI is InChI=1S/C12H8ClO/c13-10-5-4-8-12(9-10)14-11-6-2-1-3-7-11/h1-4,6-9H. The SMILES string of the molecule is Clc1[c]ccc(Oc2ccccc2)c1. The Labute approximate surface area is 87.9 Å². The molecule has 0 bridgehead atoms. The van der Waals surface area contributed by atoms with E-state index in [1.165, 1.54) is 0 Å². The first-order valence-corrected chi connectivity index (χ1v) is 4.62. The molecule has 1 radical (unpaired) electrons. The van der Waals surface area contributed by atoms with Gasteiger partial charge < -0.3 is 4.74 Å². The fourth-order valence-corrected chi connectivity index (χ4v) is 1.28. The molecule has 0 aliphatic rings. The van der Waals surface area contributed by atoms with Gasteiger partial charge in [0.2, 0.25) is 0 Å². The molecule has 0 unspecified atom stereocenters. The van der Waals surface area contributed by atoms with Crippen LogP contribution in [0.3, 0.4) is 0 Å². The topological polar surface area (TPSA) is 9.23 Å². The van der Waals surface area contributed by atoms with Gasteiger partial charge in [-0.3, -0.25) is 0 Å². The van der Waals surface area contributed by atoms with Crippen LogP contribution < -0.4 is 4.74 Å². The molecule has 0 heterocycles. The zero-order valence-electron chi connectivity index (χ0n) is 7.41. The zero-order valence-corrected chi connectivity index (χ0v) is 8.16. The van der Waals surface area contributed by atoms with Crippen LogP contribution in [0, 0.1) is 6.07 Å². The molecule has 0 aromatic heterocycles. The van der Waals surface area contributed by atoms with E-state index < -0.39 is 0 Å². The van der Waals surface area contributed by atoms with E-state index in [1.807, 2.05) is 36.4 Å².